The second-order valence-electron chi connectivity index (χ2n) is 13.8. The molecule has 0 amide bonds. The standard InChI is InChI=1S/C46H53O9P/c47-29-16-17-30-49-46-45(52-34-39-22-10-3-11-23-39)44(51-33-38-20-8-2-9-21-38)43(50-32-37-18-6-1-7-19-37)42(55-46)28-31-56(48,53-35-40-24-12-4-13-25-40)54-36-41-26-14-5-15-27-41/h1-15,18-27,42-47H,16-17,28-36H2/t42-,43-,44+,45+,46+/m1/s1. The van der Waals surface area contributed by atoms with Gasteiger partial charge in [0.25, 0.3) is 0 Å². The molecule has 1 saturated heterocycles. The molecule has 56 heavy (non-hydrogen) atoms. The van der Waals surface area contributed by atoms with Gasteiger partial charge in [0.05, 0.1) is 45.3 Å². The molecule has 9 nitrogen and oxygen atoms in total. The van der Waals surface area contributed by atoms with E-state index in [4.69, 9.17) is 32.7 Å². The van der Waals surface area contributed by atoms with Gasteiger partial charge in [-0.25, -0.2) is 0 Å². The van der Waals surface area contributed by atoms with Crippen LogP contribution in [-0.4, -0.2) is 55.2 Å². The van der Waals surface area contributed by atoms with Gasteiger partial charge in [-0.2, -0.15) is 0 Å². The fraction of sp³-hybridized carbons (Fsp3) is 0.348. The molecule has 1 aliphatic rings. The van der Waals surface area contributed by atoms with Crippen LogP contribution in [0.25, 0.3) is 0 Å². The number of aliphatic hydroxyl groups excluding tert-OH is 1. The van der Waals surface area contributed by atoms with E-state index >= 15 is 0 Å². The van der Waals surface area contributed by atoms with Gasteiger partial charge in [0.2, 0.25) is 0 Å². The predicted molar refractivity (Wildman–Crippen MR) is 216 cm³/mol. The van der Waals surface area contributed by atoms with Gasteiger partial charge < -0.3 is 37.8 Å². The largest absolute Gasteiger partial charge is 0.396 e. The van der Waals surface area contributed by atoms with Crippen LogP contribution < -0.4 is 0 Å². The maximum Gasteiger partial charge on any atom is 0.331 e. The summed E-state index contributed by atoms with van der Waals surface area (Å²) in [5.41, 5.74) is 4.74. The Morgan fingerprint density at radius 3 is 1.30 bits per heavy atom. The van der Waals surface area contributed by atoms with Crippen molar-refractivity contribution < 1.29 is 42.4 Å². The normalized spacial score (nSPS) is 19.8. The van der Waals surface area contributed by atoms with E-state index in [9.17, 15) is 9.67 Å². The maximum absolute atomic E-state index is 14.7. The van der Waals surface area contributed by atoms with Gasteiger partial charge in [-0.05, 0) is 47.1 Å². The van der Waals surface area contributed by atoms with Crippen molar-refractivity contribution in [2.45, 2.75) is 83.0 Å². The first-order chi connectivity index (χ1) is 27.6. The molecule has 10 heteroatoms. The maximum atomic E-state index is 14.7. The lowest BCUT2D eigenvalue weighted by atomic mass is 9.96. The average Bonchev–Trinajstić information content (AvgIpc) is 3.26. The topological polar surface area (TPSA) is 102 Å². The van der Waals surface area contributed by atoms with Crippen molar-refractivity contribution in [2.24, 2.45) is 0 Å². The number of aliphatic hydroxyl groups is 1. The molecule has 0 bridgehead atoms. The highest BCUT2D eigenvalue weighted by molar-refractivity contribution is 7.53. The van der Waals surface area contributed by atoms with Crippen LogP contribution in [0.3, 0.4) is 0 Å². The summed E-state index contributed by atoms with van der Waals surface area (Å²) >= 11 is 0. The Hall–Kier alpha value is -3.99. The SMILES string of the molecule is O=P(CC[C@H]1O[C@H](OCCCCO)[C@@H](OCc2ccccc2)[C@@H](OCc2ccccc2)[C@@H]1OCc1ccccc1)(OCc1ccccc1)OCc1ccccc1. The van der Waals surface area contributed by atoms with E-state index in [2.05, 4.69) is 0 Å². The summed E-state index contributed by atoms with van der Waals surface area (Å²) in [6.07, 6.45) is -1.97. The summed E-state index contributed by atoms with van der Waals surface area (Å²) in [5, 5.41) is 9.50. The Labute approximate surface area is 331 Å². The summed E-state index contributed by atoms with van der Waals surface area (Å²) in [5.74, 6) is 0. The summed E-state index contributed by atoms with van der Waals surface area (Å²) in [4.78, 5) is 0. The minimum atomic E-state index is -3.70. The first-order valence-electron chi connectivity index (χ1n) is 19.4. The highest BCUT2D eigenvalue weighted by Gasteiger charge is 2.49. The van der Waals surface area contributed by atoms with Gasteiger partial charge >= 0.3 is 7.60 Å². The Kier molecular flexibility index (Phi) is 16.9. The summed E-state index contributed by atoms with van der Waals surface area (Å²) in [6, 6.07) is 49.1. The molecule has 296 valence electrons. The Balaban J connectivity index is 1.30. The third-order valence-corrected chi connectivity index (χ3v) is 11.4. The molecule has 6 rings (SSSR count). The van der Waals surface area contributed by atoms with Gasteiger partial charge in [-0.15, -0.1) is 0 Å². The summed E-state index contributed by atoms with van der Waals surface area (Å²) < 4.78 is 60.6. The van der Waals surface area contributed by atoms with Crippen LogP contribution in [0.4, 0.5) is 0 Å². The molecular formula is C46H53O9P. The third-order valence-electron chi connectivity index (χ3n) is 9.51. The van der Waals surface area contributed by atoms with Gasteiger partial charge in [-0.1, -0.05) is 152 Å². The Morgan fingerprint density at radius 1 is 0.482 bits per heavy atom. The van der Waals surface area contributed by atoms with Crippen LogP contribution in [0.15, 0.2) is 152 Å². The first-order valence-corrected chi connectivity index (χ1v) is 21.1. The van der Waals surface area contributed by atoms with Crippen molar-refractivity contribution in [3.8, 4) is 0 Å². The molecule has 1 fully saturated rings. The van der Waals surface area contributed by atoms with Crippen LogP contribution in [0, 0.1) is 0 Å². The van der Waals surface area contributed by atoms with Gasteiger partial charge in [-0.3, -0.25) is 4.57 Å². The number of rotatable bonds is 23. The smallest absolute Gasteiger partial charge is 0.331 e. The number of benzene rings is 5. The summed E-state index contributed by atoms with van der Waals surface area (Å²) in [6.45, 7) is 1.53. The van der Waals surface area contributed by atoms with E-state index in [0.29, 0.717) is 32.7 Å². The molecule has 5 aromatic carbocycles. The van der Waals surface area contributed by atoms with Crippen molar-refractivity contribution in [1.29, 1.82) is 0 Å². The number of unbranched alkanes of at least 4 members (excludes halogenated alkanes) is 1. The molecule has 0 unspecified atom stereocenters. The second kappa shape index (κ2) is 22.7. The lowest BCUT2D eigenvalue weighted by Gasteiger charge is -2.46. The zero-order chi connectivity index (χ0) is 38.7. The van der Waals surface area contributed by atoms with Crippen LogP contribution in [0.5, 0.6) is 0 Å². The van der Waals surface area contributed by atoms with Crippen molar-refractivity contribution in [2.75, 3.05) is 19.4 Å². The minimum absolute atomic E-state index is 0.0563. The van der Waals surface area contributed by atoms with Gasteiger partial charge in [0.1, 0.15) is 18.3 Å². The van der Waals surface area contributed by atoms with Crippen LogP contribution in [0.1, 0.15) is 47.1 Å². The molecule has 5 atom stereocenters. The van der Waals surface area contributed by atoms with Crippen molar-refractivity contribution >= 4 is 7.60 Å². The molecule has 0 aliphatic carbocycles. The fourth-order valence-corrected chi connectivity index (χ4v) is 8.07. The number of hydrogen-bond acceptors (Lipinski definition) is 9. The molecule has 1 heterocycles. The monoisotopic (exact) mass is 780 g/mol. The highest BCUT2D eigenvalue weighted by atomic mass is 31.2. The fourth-order valence-electron chi connectivity index (χ4n) is 6.47. The molecule has 0 saturated carbocycles. The van der Waals surface area contributed by atoms with Gasteiger partial charge in [0, 0.05) is 13.2 Å². The van der Waals surface area contributed by atoms with Crippen molar-refractivity contribution in [3.63, 3.8) is 0 Å². The number of ether oxygens (including phenoxy) is 5. The lowest BCUT2D eigenvalue weighted by Crippen LogP contribution is -2.61. The van der Waals surface area contributed by atoms with Crippen LogP contribution in [0.2, 0.25) is 0 Å². The van der Waals surface area contributed by atoms with E-state index in [-0.39, 0.29) is 39.0 Å². The van der Waals surface area contributed by atoms with Crippen molar-refractivity contribution in [3.05, 3.63) is 179 Å². The van der Waals surface area contributed by atoms with Crippen LogP contribution in [-0.2, 0) is 70.3 Å². The van der Waals surface area contributed by atoms with Crippen molar-refractivity contribution in [1.82, 2.24) is 0 Å². The van der Waals surface area contributed by atoms with E-state index in [0.717, 1.165) is 27.8 Å². The average molecular weight is 781 g/mol. The molecule has 1 aliphatic heterocycles. The highest BCUT2D eigenvalue weighted by Crippen LogP contribution is 2.51. The quantitative estimate of drug-likeness (QED) is 0.0514. The van der Waals surface area contributed by atoms with Gasteiger partial charge in [0.15, 0.2) is 6.29 Å². The first kappa shape index (κ1) is 41.6. The van der Waals surface area contributed by atoms with Crippen LogP contribution >= 0.6 is 7.60 Å². The molecule has 1 N–H and O–H groups in total. The second-order valence-corrected chi connectivity index (χ2v) is 16.0. The zero-order valence-corrected chi connectivity index (χ0v) is 32.7. The lowest BCUT2D eigenvalue weighted by molar-refractivity contribution is -0.323. The Bertz CT molecular complexity index is 1790. The molecule has 0 spiro atoms. The molecular weight excluding hydrogens is 727 g/mol. The zero-order valence-electron chi connectivity index (χ0n) is 31.8. The predicted octanol–water partition coefficient (Wildman–Crippen LogP) is 9.27. The summed E-state index contributed by atoms with van der Waals surface area (Å²) in [7, 11) is -3.70. The third kappa shape index (κ3) is 13.3. The van der Waals surface area contributed by atoms with E-state index in [1.807, 2.05) is 152 Å². The molecule has 5 aromatic rings. The number of hydrogen-bond donors (Lipinski definition) is 1. The van der Waals surface area contributed by atoms with E-state index < -0.39 is 38.3 Å². The molecule has 0 aromatic heterocycles. The van der Waals surface area contributed by atoms with E-state index in [1.165, 1.54) is 0 Å². The van der Waals surface area contributed by atoms with E-state index in [1.54, 1.807) is 0 Å². The minimum Gasteiger partial charge on any atom is -0.396 e. The Morgan fingerprint density at radius 2 is 0.875 bits per heavy atom. The molecule has 0 radical (unpaired) electrons.